The van der Waals surface area contributed by atoms with Gasteiger partial charge in [0.2, 0.25) is 23.6 Å². The third-order valence-corrected chi connectivity index (χ3v) is 4.47. The summed E-state index contributed by atoms with van der Waals surface area (Å²) >= 11 is 0. The van der Waals surface area contributed by atoms with Gasteiger partial charge in [-0.1, -0.05) is 27.7 Å². The van der Waals surface area contributed by atoms with Crippen LogP contribution in [0.25, 0.3) is 0 Å². The minimum Gasteiger partial charge on any atom is -0.379 e. The smallest absolute Gasteiger partial charge is 0.233 e. The number of ether oxygens (including phenoxy) is 1. The molecule has 27 heavy (non-hydrogen) atoms. The highest BCUT2D eigenvalue weighted by atomic mass is 16.5. The lowest BCUT2D eigenvalue weighted by Gasteiger charge is -2.24. The van der Waals surface area contributed by atoms with Gasteiger partial charge in [-0.25, -0.2) is 0 Å². The Morgan fingerprint density at radius 3 is 2.30 bits per heavy atom. The summed E-state index contributed by atoms with van der Waals surface area (Å²) in [6, 6.07) is 0. The Labute approximate surface area is 161 Å². The second-order valence-electron chi connectivity index (χ2n) is 7.82. The first-order valence-electron chi connectivity index (χ1n) is 9.62. The zero-order valence-corrected chi connectivity index (χ0v) is 16.9. The maximum Gasteiger partial charge on any atom is 0.233 e. The van der Waals surface area contributed by atoms with E-state index >= 15 is 0 Å². The first-order valence-corrected chi connectivity index (χ1v) is 9.62. The summed E-state index contributed by atoms with van der Waals surface area (Å²) < 4.78 is 5.30. The number of rotatable bonds is 11. The molecule has 1 atom stereocenters. The molecule has 0 aromatic heterocycles. The van der Waals surface area contributed by atoms with Gasteiger partial charge in [0.25, 0.3) is 0 Å². The number of imide groups is 1. The Bertz CT molecular complexity index is 542. The number of hydrogen-bond acceptors (Lipinski definition) is 5. The Hall–Kier alpha value is -1.96. The predicted molar refractivity (Wildman–Crippen MR) is 101 cm³/mol. The summed E-state index contributed by atoms with van der Waals surface area (Å²) in [5.41, 5.74) is -0.269. The number of nitrogens with one attached hydrogen (secondary N) is 2. The molecule has 0 aliphatic carbocycles. The number of likely N-dealkylation sites (tertiary alicyclic amines) is 1. The monoisotopic (exact) mass is 383 g/mol. The summed E-state index contributed by atoms with van der Waals surface area (Å²) in [5.74, 6) is -1.01. The summed E-state index contributed by atoms with van der Waals surface area (Å²) in [7, 11) is 0. The zero-order valence-electron chi connectivity index (χ0n) is 16.9. The van der Waals surface area contributed by atoms with E-state index in [1.165, 1.54) is 4.90 Å². The molecule has 0 aromatic rings. The second-order valence-corrected chi connectivity index (χ2v) is 7.82. The summed E-state index contributed by atoms with van der Waals surface area (Å²) in [6.45, 7) is 9.49. The molecule has 154 valence electrons. The van der Waals surface area contributed by atoms with Crippen LogP contribution in [0.4, 0.5) is 0 Å². The van der Waals surface area contributed by atoms with Gasteiger partial charge in [-0.3, -0.25) is 24.1 Å². The van der Waals surface area contributed by atoms with Crippen LogP contribution in [0.3, 0.4) is 0 Å². The van der Waals surface area contributed by atoms with Crippen LogP contribution in [0.15, 0.2) is 0 Å². The first-order chi connectivity index (χ1) is 12.7. The van der Waals surface area contributed by atoms with Crippen LogP contribution < -0.4 is 10.6 Å². The maximum absolute atomic E-state index is 12.3. The molecule has 0 spiro atoms. The Balaban J connectivity index is 2.17. The number of carbonyl (C=O) groups excluding carboxylic acids is 4. The molecule has 0 aromatic carbocycles. The van der Waals surface area contributed by atoms with E-state index in [0.29, 0.717) is 32.7 Å². The highest BCUT2D eigenvalue weighted by molar-refractivity contribution is 6.04. The van der Waals surface area contributed by atoms with E-state index in [1.807, 2.05) is 27.7 Å². The minimum absolute atomic E-state index is 0.0469. The van der Waals surface area contributed by atoms with Crippen molar-refractivity contribution >= 4 is 23.6 Å². The van der Waals surface area contributed by atoms with Crippen molar-refractivity contribution < 1.29 is 23.9 Å². The van der Waals surface area contributed by atoms with Gasteiger partial charge in [0.1, 0.15) is 0 Å². The van der Waals surface area contributed by atoms with Crippen molar-refractivity contribution in [2.45, 2.75) is 53.4 Å². The van der Waals surface area contributed by atoms with Gasteiger partial charge in [0.05, 0.1) is 19.1 Å². The van der Waals surface area contributed by atoms with E-state index in [0.717, 1.165) is 6.42 Å². The highest BCUT2D eigenvalue weighted by Crippen LogP contribution is 2.35. The van der Waals surface area contributed by atoms with Gasteiger partial charge in [-0.05, 0) is 11.8 Å². The molecule has 1 unspecified atom stereocenters. The lowest BCUT2D eigenvalue weighted by Crippen LogP contribution is -2.37. The van der Waals surface area contributed by atoms with Gasteiger partial charge in [-0.2, -0.15) is 0 Å². The van der Waals surface area contributed by atoms with Crippen molar-refractivity contribution in [3.63, 3.8) is 0 Å². The summed E-state index contributed by atoms with van der Waals surface area (Å²) in [4.78, 5) is 48.8. The third-order valence-electron chi connectivity index (χ3n) is 4.47. The van der Waals surface area contributed by atoms with Crippen LogP contribution in [-0.4, -0.2) is 61.4 Å². The van der Waals surface area contributed by atoms with Crippen molar-refractivity contribution in [1.82, 2.24) is 15.5 Å². The molecule has 8 heteroatoms. The molecule has 1 heterocycles. The van der Waals surface area contributed by atoms with E-state index in [9.17, 15) is 19.2 Å². The molecule has 2 N–H and O–H groups in total. The lowest BCUT2D eigenvalue weighted by atomic mass is 9.80. The molecule has 1 aliphatic heterocycles. The number of nitrogens with zero attached hydrogens (tertiary/aromatic N) is 1. The van der Waals surface area contributed by atoms with Gasteiger partial charge >= 0.3 is 0 Å². The van der Waals surface area contributed by atoms with Crippen LogP contribution in [0.5, 0.6) is 0 Å². The van der Waals surface area contributed by atoms with Crippen LogP contribution in [-0.2, 0) is 23.9 Å². The Morgan fingerprint density at radius 2 is 1.70 bits per heavy atom. The standard InChI is InChI=1S/C19H33N3O5/c1-5-8-20-16(24)7-11-27-12-9-21-15(23)6-10-22-17(25)13-14(18(22)26)19(2,3)4/h14H,5-13H2,1-4H3,(H,20,24)(H,21,23). The molecule has 1 fully saturated rings. The molecule has 1 saturated heterocycles. The van der Waals surface area contributed by atoms with E-state index in [2.05, 4.69) is 10.6 Å². The Morgan fingerprint density at radius 1 is 1.07 bits per heavy atom. The summed E-state index contributed by atoms with van der Waals surface area (Å²) in [5, 5.41) is 5.44. The van der Waals surface area contributed by atoms with E-state index in [4.69, 9.17) is 4.74 Å². The van der Waals surface area contributed by atoms with Crippen molar-refractivity contribution in [3.05, 3.63) is 0 Å². The number of hydrogen-bond donors (Lipinski definition) is 2. The molecular weight excluding hydrogens is 350 g/mol. The molecule has 1 aliphatic rings. The first kappa shape index (κ1) is 23.1. The maximum atomic E-state index is 12.3. The molecule has 0 radical (unpaired) electrons. The minimum atomic E-state index is -0.323. The Kier molecular flexibility index (Phi) is 9.41. The average Bonchev–Trinajstić information content (AvgIpc) is 2.88. The van der Waals surface area contributed by atoms with Crippen molar-refractivity contribution in [1.29, 1.82) is 0 Å². The van der Waals surface area contributed by atoms with Gasteiger partial charge in [-0.15, -0.1) is 0 Å². The van der Waals surface area contributed by atoms with Gasteiger partial charge in [0, 0.05) is 38.9 Å². The van der Waals surface area contributed by atoms with Crippen molar-refractivity contribution in [2.75, 3.05) is 32.8 Å². The highest BCUT2D eigenvalue weighted by Gasteiger charge is 2.44. The quantitative estimate of drug-likeness (QED) is 0.406. The number of carbonyl (C=O) groups is 4. The number of amides is 4. The molecule has 4 amide bonds. The molecule has 1 rings (SSSR count). The van der Waals surface area contributed by atoms with Crippen LogP contribution in [0, 0.1) is 11.3 Å². The van der Waals surface area contributed by atoms with E-state index in [-0.39, 0.29) is 54.3 Å². The van der Waals surface area contributed by atoms with Crippen molar-refractivity contribution in [3.8, 4) is 0 Å². The van der Waals surface area contributed by atoms with E-state index < -0.39 is 0 Å². The fraction of sp³-hybridized carbons (Fsp3) is 0.789. The molecule has 0 bridgehead atoms. The largest absolute Gasteiger partial charge is 0.379 e. The fourth-order valence-electron chi connectivity index (χ4n) is 2.78. The zero-order chi connectivity index (χ0) is 20.4. The molecule has 0 saturated carbocycles. The average molecular weight is 383 g/mol. The van der Waals surface area contributed by atoms with Crippen LogP contribution >= 0.6 is 0 Å². The summed E-state index contributed by atoms with van der Waals surface area (Å²) in [6.07, 6.45) is 1.48. The van der Waals surface area contributed by atoms with Crippen LogP contribution in [0.1, 0.15) is 53.4 Å². The molecule has 8 nitrogen and oxygen atoms in total. The second kappa shape index (κ2) is 11.0. The van der Waals surface area contributed by atoms with Gasteiger partial charge in [0.15, 0.2) is 0 Å². The SMILES string of the molecule is CCCNC(=O)CCOCCNC(=O)CCN1C(=O)CC(C(C)(C)C)C1=O. The lowest BCUT2D eigenvalue weighted by molar-refractivity contribution is -0.140. The van der Waals surface area contributed by atoms with E-state index in [1.54, 1.807) is 0 Å². The topological polar surface area (TPSA) is 105 Å². The van der Waals surface area contributed by atoms with Crippen LogP contribution in [0.2, 0.25) is 0 Å². The normalized spacial score (nSPS) is 17.3. The van der Waals surface area contributed by atoms with Crippen molar-refractivity contribution in [2.24, 2.45) is 11.3 Å². The fourth-order valence-corrected chi connectivity index (χ4v) is 2.78. The third kappa shape index (κ3) is 8.07. The molecular formula is C19H33N3O5. The van der Waals surface area contributed by atoms with Gasteiger partial charge < -0.3 is 15.4 Å². The predicted octanol–water partition coefficient (Wildman–Crippen LogP) is 0.847.